The molecule has 1 aromatic rings. The minimum Gasteiger partial charge on any atom is -0.329 e. The van der Waals surface area contributed by atoms with Gasteiger partial charge < -0.3 is 9.80 Å². The molecule has 5 heteroatoms. The lowest BCUT2D eigenvalue weighted by atomic mass is 10.0. The molecular formula is C15H20N2O2S. The summed E-state index contributed by atoms with van der Waals surface area (Å²) < 4.78 is 0. The van der Waals surface area contributed by atoms with Crippen molar-refractivity contribution in [1.29, 1.82) is 0 Å². The zero-order chi connectivity index (χ0) is 14.3. The molecule has 0 saturated carbocycles. The van der Waals surface area contributed by atoms with Gasteiger partial charge in [0.05, 0.1) is 0 Å². The number of piperazine rings is 1. The summed E-state index contributed by atoms with van der Waals surface area (Å²) in [5.74, 6) is 0.254. The number of rotatable bonds is 3. The number of thiophene rings is 1. The molecule has 2 fully saturated rings. The number of carbonyl (C=O) groups is 2. The van der Waals surface area contributed by atoms with Gasteiger partial charge in [-0.2, -0.15) is 0 Å². The molecule has 1 aromatic heterocycles. The molecule has 0 spiro atoms. The predicted octanol–water partition coefficient (Wildman–Crippen LogP) is 1.90. The van der Waals surface area contributed by atoms with Crippen molar-refractivity contribution in [2.45, 2.75) is 51.2 Å². The number of nitrogens with zero attached hydrogens (tertiary/aromatic N) is 2. The minimum absolute atomic E-state index is 0.0721. The van der Waals surface area contributed by atoms with Crippen molar-refractivity contribution >= 4 is 23.2 Å². The summed E-state index contributed by atoms with van der Waals surface area (Å²) in [4.78, 5) is 29.9. The van der Waals surface area contributed by atoms with Crippen molar-refractivity contribution in [3.05, 3.63) is 22.4 Å². The molecule has 0 aliphatic carbocycles. The standard InChI is InChI=1S/C15H20N2O2S/c1-10(9-12-5-4-8-20-12)17-11(2)14(18)16-7-3-6-13(16)15(17)19/h4-5,8,10-11,13H,3,6-7,9H2,1-2H3. The Labute approximate surface area is 123 Å². The van der Waals surface area contributed by atoms with Gasteiger partial charge in [0.2, 0.25) is 11.8 Å². The third-order valence-corrected chi connectivity index (χ3v) is 5.30. The van der Waals surface area contributed by atoms with Crippen LogP contribution in [0.1, 0.15) is 31.6 Å². The molecule has 3 unspecified atom stereocenters. The monoisotopic (exact) mass is 292 g/mol. The summed E-state index contributed by atoms with van der Waals surface area (Å²) in [7, 11) is 0. The van der Waals surface area contributed by atoms with Crippen LogP contribution in [0.2, 0.25) is 0 Å². The smallest absolute Gasteiger partial charge is 0.246 e. The fraction of sp³-hybridized carbons (Fsp3) is 0.600. The van der Waals surface area contributed by atoms with Crippen molar-refractivity contribution in [3.8, 4) is 0 Å². The van der Waals surface area contributed by atoms with Gasteiger partial charge in [0.1, 0.15) is 12.1 Å². The Morgan fingerprint density at radius 3 is 2.90 bits per heavy atom. The topological polar surface area (TPSA) is 40.6 Å². The van der Waals surface area contributed by atoms with Crippen molar-refractivity contribution in [1.82, 2.24) is 9.80 Å². The average molecular weight is 292 g/mol. The largest absolute Gasteiger partial charge is 0.329 e. The zero-order valence-electron chi connectivity index (χ0n) is 11.9. The summed E-state index contributed by atoms with van der Waals surface area (Å²) in [6, 6.07) is 3.65. The van der Waals surface area contributed by atoms with Gasteiger partial charge in [0.25, 0.3) is 0 Å². The molecule has 0 bridgehead atoms. The Bertz CT molecular complexity index is 514. The van der Waals surface area contributed by atoms with Crippen LogP contribution in [-0.4, -0.2) is 46.3 Å². The van der Waals surface area contributed by atoms with Gasteiger partial charge in [0, 0.05) is 23.9 Å². The van der Waals surface area contributed by atoms with Crippen LogP contribution in [0, 0.1) is 0 Å². The Kier molecular flexibility index (Phi) is 3.54. The fourth-order valence-electron chi connectivity index (χ4n) is 3.43. The maximum absolute atomic E-state index is 12.7. The van der Waals surface area contributed by atoms with Gasteiger partial charge in [-0.05, 0) is 38.1 Å². The summed E-state index contributed by atoms with van der Waals surface area (Å²) in [6.45, 7) is 4.65. The second kappa shape index (κ2) is 5.20. The Morgan fingerprint density at radius 2 is 2.20 bits per heavy atom. The highest BCUT2D eigenvalue weighted by molar-refractivity contribution is 7.09. The number of hydrogen-bond donors (Lipinski definition) is 0. The number of amides is 2. The Balaban J connectivity index is 1.80. The van der Waals surface area contributed by atoms with Crippen LogP contribution in [-0.2, 0) is 16.0 Å². The first kappa shape index (κ1) is 13.6. The van der Waals surface area contributed by atoms with Crippen LogP contribution in [0.4, 0.5) is 0 Å². The maximum atomic E-state index is 12.7. The van der Waals surface area contributed by atoms with E-state index in [1.165, 1.54) is 4.88 Å². The molecule has 2 amide bonds. The van der Waals surface area contributed by atoms with Crippen LogP contribution in [0.5, 0.6) is 0 Å². The van der Waals surface area contributed by atoms with Crippen molar-refractivity contribution in [2.24, 2.45) is 0 Å². The summed E-state index contributed by atoms with van der Waals surface area (Å²) in [6.07, 6.45) is 2.59. The highest BCUT2D eigenvalue weighted by atomic mass is 32.1. The van der Waals surface area contributed by atoms with Gasteiger partial charge >= 0.3 is 0 Å². The lowest BCUT2D eigenvalue weighted by Crippen LogP contribution is -2.64. The second-order valence-corrected chi connectivity index (χ2v) is 6.78. The molecule has 20 heavy (non-hydrogen) atoms. The highest BCUT2D eigenvalue weighted by Gasteiger charge is 2.47. The first-order chi connectivity index (χ1) is 9.59. The number of fused-ring (bicyclic) bond motifs is 1. The third kappa shape index (κ3) is 2.14. The molecule has 0 radical (unpaired) electrons. The number of carbonyl (C=O) groups excluding carboxylic acids is 2. The molecular weight excluding hydrogens is 272 g/mol. The quantitative estimate of drug-likeness (QED) is 0.854. The molecule has 108 valence electrons. The van der Waals surface area contributed by atoms with Gasteiger partial charge in [-0.25, -0.2) is 0 Å². The van der Waals surface area contributed by atoms with Crippen LogP contribution in [0.3, 0.4) is 0 Å². The summed E-state index contributed by atoms with van der Waals surface area (Å²) in [5, 5.41) is 2.05. The summed E-state index contributed by atoms with van der Waals surface area (Å²) >= 11 is 1.70. The SMILES string of the molecule is CC(Cc1cccs1)N1C(=O)C2CCCN2C(=O)C1C. The molecule has 3 heterocycles. The third-order valence-electron chi connectivity index (χ3n) is 4.40. The van der Waals surface area contributed by atoms with Gasteiger partial charge in [-0.15, -0.1) is 11.3 Å². The first-order valence-electron chi connectivity index (χ1n) is 7.24. The molecule has 0 aromatic carbocycles. The van der Waals surface area contributed by atoms with Crippen LogP contribution in [0.15, 0.2) is 17.5 Å². The van der Waals surface area contributed by atoms with Crippen LogP contribution < -0.4 is 0 Å². The molecule has 2 saturated heterocycles. The maximum Gasteiger partial charge on any atom is 0.246 e. The van der Waals surface area contributed by atoms with E-state index < -0.39 is 0 Å². The van der Waals surface area contributed by atoms with Gasteiger partial charge in [0.15, 0.2) is 0 Å². The first-order valence-corrected chi connectivity index (χ1v) is 8.12. The average Bonchev–Trinajstić information content (AvgIpc) is 3.06. The minimum atomic E-state index is -0.327. The lowest BCUT2D eigenvalue weighted by Gasteiger charge is -2.43. The van der Waals surface area contributed by atoms with Gasteiger partial charge in [-0.3, -0.25) is 9.59 Å². The Hall–Kier alpha value is -1.36. The molecule has 3 rings (SSSR count). The van der Waals surface area contributed by atoms with E-state index in [-0.39, 0.29) is 29.9 Å². The van der Waals surface area contributed by atoms with Crippen LogP contribution >= 0.6 is 11.3 Å². The zero-order valence-corrected chi connectivity index (χ0v) is 12.7. The van der Waals surface area contributed by atoms with E-state index in [1.54, 1.807) is 16.2 Å². The van der Waals surface area contributed by atoms with Crippen molar-refractivity contribution < 1.29 is 9.59 Å². The molecule has 4 nitrogen and oxygen atoms in total. The van der Waals surface area contributed by atoms with E-state index >= 15 is 0 Å². The van der Waals surface area contributed by atoms with Crippen molar-refractivity contribution in [3.63, 3.8) is 0 Å². The van der Waals surface area contributed by atoms with Gasteiger partial charge in [-0.1, -0.05) is 6.07 Å². The summed E-state index contributed by atoms with van der Waals surface area (Å²) in [5.41, 5.74) is 0. The molecule has 2 aliphatic heterocycles. The lowest BCUT2D eigenvalue weighted by molar-refractivity contribution is -0.160. The second-order valence-electron chi connectivity index (χ2n) is 5.74. The van der Waals surface area contributed by atoms with Crippen LogP contribution in [0.25, 0.3) is 0 Å². The number of hydrogen-bond acceptors (Lipinski definition) is 3. The fourth-order valence-corrected chi connectivity index (χ4v) is 4.25. The normalized spacial score (nSPS) is 27.9. The van der Waals surface area contributed by atoms with E-state index in [4.69, 9.17) is 0 Å². The van der Waals surface area contributed by atoms with E-state index in [0.717, 1.165) is 25.8 Å². The van der Waals surface area contributed by atoms with E-state index in [1.807, 2.05) is 30.2 Å². The van der Waals surface area contributed by atoms with E-state index in [0.29, 0.717) is 0 Å². The van der Waals surface area contributed by atoms with E-state index in [9.17, 15) is 9.59 Å². The van der Waals surface area contributed by atoms with Crippen molar-refractivity contribution in [2.75, 3.05) is 6.54 Å². The molecule has 0 N–H and O–H groups in total. The predicted molar refractivity (Wildman–Crippen MR) is 78.5 cm³/mol. The van der Waals surface area contributed by atoms with E-state index in [2.05, 4.69) is 6.07 Å². The highest BCUT2D eigenvalue weighted by Crippen LogP contribution is 2.29. The molecule has 2 aliphatic rings. The molecule has 3 atom stereocenters. The Morgan fingerprint density at radius 1 is 1.40 bits per heavy atom.